The van der Waals surface area contributed by atoms with Gasteiger partial charge in [0.15, 0.2) is 0 Å². The molecular weight excluding hydrogens is 204 g/mol. The van der Waals surface area contributed by atoms with E-state index in [9.17, 15) is 4.79 Å². The second kappa shape index (κ2) is 5.51. The molecule has 0 radical (unpaired) electrons. The summed E-state index contributed by atoms with van der Waals surface area (Å²) >= 11 is 0. The lowest BCUT2D eigenvalue weighted by Gasteiger charge is -2.11. The summed E-state index contributed by atoms with van der Waals surface area (Å²) in [5, 5.41) is 5.56. The van der Waals surface area contributed by atoms with Crippen LogP contribution in [0.3, 0.4) is 0 Å². The van der Waals surface area contributed by atoms with Gasteiger partial charge in [-0.3, -0.25) is 0 Å². The maximum Gasteiger partial charge on any atom is 0.319 e. The minimum absolute atomic E-state index is 0.179. The molecule has 0 aromatic heterocycles. The van der Waals surface area contributed by atoms with Crippen LogP contribution in [0.5, 0.6) is 0 Å². The van der Waals surface area contributed by atoms with Crippen molar-refractivity contribution in [1.29, 1.82) is 0 Å². The fourth-order valence-corrected chi connectivity index (χ4v) is 1.71. The highest BCUT2D eigenvalue weighted by molar-refractivity contribution is 5.89. The lowest BCUT2D eigenvalue weighted by Crippen LogP contribution is -2.34. The van der Waals surface area contributed by atoms with E-state index in [0.29, 0.717) is 6.54 Å². The van der Waals surface area contributed by atoms with Gasteiger partial charge < -0.3 is 15.4 Å². The number of carbonyl (C=O) groups excluding carboxylic acids is 1. The van der Waals surface area contributed by atoms with Gasteiger partial charge in [0.05, 0.1) is 6.10 Å². The molecule has 2 N–H and O–H groups in total. The first-order valence-electron chi connectivity index (χ1n) is 5.56. The van der Waals surface area contributed by atoms with Gasteiger partial charge in [-0.1, -0.05) is 18.2 Å². The van der Waals surface area contributed by atoms with Crippen molar-refractivity contribution in [1.82, 2.24) is 5.32 Å². The fraction of sp³-hybridized carbons (Fsp3) is 0.417. The summed E-state index contributed by atoms with van der Waals surface area (Å²) in [6, 6.07) is 9.21. The van der Waals surface area contributed by atoms with Crippen molar-refractivity contribution in [2.45, 2.75) is 18.9 Å². The van der Waals surface area contributed by atoms with Gasteiger partial charge in [0.2, 0.25) is 0 Å². The summed E-state index contributed by atoms with van der Waals surface area (Å²) in [5.74, 6) is 0. The predicted molar refractivity (Wildman–Crippen MR) is 62.4 cm³/mol. The van der Waals surface area contributed by atoms with E-state index in [0.717, 1.165) is 25.1 Å². The number of anilines is 1. The van der Waals surface area contributed by atoms with Crippen LogP contribution in [0.4, 0.5) is 10.5 Å². The molecule has 2 rings (SSSR count). The number of amides is 2. The third-order valence-electron chi connectivity index (χ3n) is 2.55. The Kier molecular flexibility index (Phi) is 3.77. The summed E-state index contributed by atoms with van der Waals surface area (Å²) in [7, 11) is 0. The van der Waals surface area contributed by atoms with Gasteiger partial charge in [0.1, 0.15) is 0 Å². The number of benzene rings is 1. The third-order valence-corrected chi connectivity index (χ3v) is 2.55. The monoisotopic (exact) mass is 220 g/mol. The molecule has 1 heterocycles. The number of rotatable bonds is 3. The molecule has 4 nitrogen and oxygen atoms in total. The van der Waals surface area contributed by atoms with Gasteiger partial charge in [0, 0.05) is 18.8 Å². The lowest BCUT2D eigenvalue weighted by atomic mass is 10.2. The number of nitrogens with one attached hydrogen (secondary N) is 2. The molecule has 0 bridgehead atoms. The first-order valence-corrected chi connectivity index (χ1v) is 5.56. The average molecular weight is 220 g/mol. The number of para-hydroxylation sites is 1. The number of ether oxygens (including phenoxy) is 1. The number of carbonyl (C=O) groups is 1. The topological polar surface area (TPSA) is 50.4 Å². The summed E-state index contributed by atoms with van der Waals surface area (Å²) in [6.07, 6.45) is 2.31. The quantitative estimate of drug-likeness (QED) is 0.818. The number of hydrogen-bond donors (Lipinski definition) is 2. The van der Waals surface area contributed by atoms with Gasteiger partial charge >= 0.3 is 6.03 Å². The Hall–Kier alpha value is -1.55. The fourth-order valence-electron chi connectivity index (χ4n) is 1.71. The van der Waals surface area contributed by atoms with Crippen molar-refractivity contribution in [3.05, 3.63) is 30.3 Å². The summed E-state index contributed by atoms with van der Waals surface area (Å²) < 4.78 is 5.41. The molecule has 4 heteroatoms. The maximum atomic E-state index is 11.5. The molecule has 0 aliphatic carbocycles. The first-order chi connectivity index (χ1) is 7.84. The molecule has 1 aliphatic heterocycles. The predicted octanol–water partition coefficient (Wildman–Crippen LogP) is 1.99. The van der Waals surface area contributed by atoms with Crippen LogP contribution in [-0.4, -0.2) is 25.3 Å². The van der Waals surface area contributed by atoms with Crippen LogP contribution in [0.25, 0.3) is 0 Å². The van der Waals surface area contributed by atoms with E-state index in [1.807, 2.05) is 30.3 Å². The van der Waals surface area contributed by atoms with E-state index in [-0.39, 0.29) is 12.1 Å². The molecule has 1 aliphatic rings. The average Bonchev–Trinajstić information content (AvgIpc) is 2.81. The van der Waals surface area contributed by atoms with Crippen LogP contribution in [0.15, 0.2) is 30.3 Å². The molecule has 2 amide bonds. The molecule has 1 fully saturated rings. The lowest BCUT2D eigenvalue weighted by molar-refractivity contribution is 0.112. The molecule has 1 saturated heterocycles. The standard InChI is InChI=1S/C12H16N2O2/c15-12(13-9-11-7-4-8-16-11)14-10-5-2-1-3-6-10/h1-3,5-6,11H,4,7-9H2,(H2,13,14,15)/t11-/m0/s1. The Balaban J connectivity index is 1.72. The molecule has 0 unspecified atom stereocenters. The van der Waals surface area contributed by atoms with Crippen LogP contribution in [-0.2, 0) is 4.74 Å². The molecule has 1 atom stereocenters. The molecule has 0 saturated carbocycles. The van der Waals surface area contributed by atoms with Crippen LogP contribution < -0.4 is 10.6 Å². The van der Waals surface area contributed by atoms with Crippen LogP contribution in [0, 0.1) is 0 Å². The van der Waals surface area contributed by atoms with Gasteiger partial charge in [-0.2, -0.15) is 0 Å². The minimum atomic E-state index is -0.179. The Labute approximate surface area is 95.0 Å². The van der Waals surface area contributed by atoms with Crippen LogP contribution in [0.2, 0.25) is 0 Å². The van der Waals surface area contributed by atoms with Gasteiger partial charge in [-0.05, 0) is 25.0 Å². The Morgan fingerprint density at radius 2 is 2.19 bits per heavy atom. The Morgan fingerprint density at radius 1 is 1.38 bits per heavy atom. The van der Waals surface area contributed by atoms with Crippen molar-refractivity contribution < 1.29 is 9.53 Å². The minimum Gasteiger partial charge on any atom is -0.376 e. The third kappa shape index (κ3) is 3.24. The van der Waals surface area contributed by atoms with E-state index < -0.39 is 0 Å². The van der Waals surface area contributed by atoms with Gasteiger partial charge in [-0.15, -0.1) is 0 Å². The van der Waals surface area contributed by atoms with Crippen molar-refractivity contribution >= 4 is 11.7 Å². The number of hydrogen-bond acceptors (Lipinski definition) is 2. The van der Waals surface area contributed by atoms with Crippen molar-refractivity contribution in [2.24, 2.45) is 0 Å². The Bertz CT molecular complexity index is 334. The second-order valence-corrected chi connectivity index (χ2v) is 3.84. The molecular formula is C12H16N2O2. The van der Waals surface area contributed by atoms with Crippen LogP contribution >= 0.6 is 0 Å². The highest BCUT2D eigenvalue weighted by Crippen LogP contribution is 2.10. The SMILES string of the molecule is O=C(NC[C@@H]1CCCO1)Nc1ccccc1. The highest BCUT2D eigenvalue weighted by Gasteiger charge is 2.15. The molecule has 0 spiro atoms. The normalized spacial score (nSPS) is 19.4. The molecule has 1 aromatic carbocycles. The summed E-state index contributed by atoms with van der Waals surface area (Å²) in [4.78, 5) is 11.5. The van der Waals surface area contributed by atoms with Gasteiger partial charge in [-0.25, -0.2) is 4.79 Å². The maximum absolute atomic E-state index is 11.5. The highest BCUT2D eigenvalue weighted by atomic mass is 16.5. The first kappa shape index (κ1) is 11.0. The van der Waals surface area contributed by atoms with E-state index >= 15 is 0 Å². The smallest absolute Gasteiger partial charge is 0.319 e. The second-order valence-electron chi connectivity index (χ2n) is 3.84. The Morgan fingerprint density at radius 3 is 2.88 bits per heavy atom. The zero-order chi connectivity index (χ0) is 11.2. The molecule has 1 aromatic rings. The number of urea groups is 1. The summed E-state index contributed by atoms with van der Waals surface area (Å²) in [5.41, 5.74) is 0.798. The van der Waals surface area contributed by atoms with E-state index in [2.05, 4.69) is 10.6 Å². The van der Waals surface area contributed by atoms with Crippen molar-refractivity contribution in [3.63, 3.8) is 0 Å². The van der Waals surface area contributed by atoms with Crippen LogP contribution in [0.1, 0.15) is 12.8 Å². The van der Waals surface area contributed by atoms with E-state index in [1.54, 1.807) is 0 Å². The molecule has 86 valence electrons. The summed E-state index contributed by atoms with van der Waals surface area (Å²) in [6.45, 7) is 1.39. The van der Waals surface area contributed by atoms with Crippen molar-refractivity contribution in [2.75, 3.05) is 18.5 Å². The largest absolute Gasteiger partial charge is 0.376 e. The van der Waals surface area contributed by atoms with Crippen molar-refractivity contribution in [3.8, 4) is 0 Å². The van der Waals surface area contributed by atoms with E-state index in [1.165, 1.54) is 0 Å². The molecule has 16 heavy (non-hydrogen) atoms. The van der Waals surface area contributed by atoms with Gasteiger partial charge in [0.25, 0.3) is 0 Å². The van der Waals surface area contributed by atoms with E-state index in [4.69, 9.17) is 4.74 Å². The zero-order valence-corrected chi connectivity index (χ0v) is 9.11. The zero-order valence-electron chi connectivity index (χ0n) is 9.11.